The van der Waals surface area contributed by atoms with Gasteiger partial charge in [0.05, 0.1) is 5.56 Å². The van der Waals surface area contributed by atoms with Gasteiger partial charge in [-0.25, -0.2) is 9.78 Å². The molecule has 0 amide bonds. The second-order valence-corrected chi connectivity index (χ2v) is 7.23. The summed E-state index contributed by atoms with van der Waals surface area (Å²) in [6.07, 6.45) is 4.47. The van der Waals surface area contributed by atoms with Gasteiger partial charge in [0.15, 0.2) is 5.01 Å². The number of aryl methyl sites for hydroxylation is 3. The first kappa shape index (κ1) is 16.0. The van der Waals surface area contributed by atoms with Crippen LogP contribution in [0, 0.1) is 6.92 Å². The van der Waals surface area contributed by atoms with Gasteiger partial charge in [-0.05, 0) is 55.9 Å². The second kappa shape index (κ2) is 6.40. The van der Waals surface area contributed by atoms with Crippen LogP contribution in [0.4, 0.5) is 0 Å². The van der Waals surface area contributed by atoms with Crippen molar-refractivity contribution in [1.82, 2.24) is 14.6 Å². The summed E-state index contributed by atoms with van der Waals surface area (Å²) in [5, 5.41) is 4.72. The Balaban J connectivity index is 1.50. The van der Waals surface area contributed by atoms with Gasteiger partial charge in [0, 0.05) is 11.8 Å². The molecule has 0 saturated carbocycles. The van der Waals surface area contributed by atoms with E-state index in [4.69, 9.17) is 4.74 Å². The molecule has 4 rings (SSSR count). The number of carbonyl (C=O) groups is 1. The molecule has 0 saturated heterocycles. The maximum atomic E-state index is 12.3. The van der Waals surface area contributed by atoms with E-state index in [0.717, 1.165) is 12.8 Å². The number of rotatable bonds is 3. The third-order valence-corrected chi connectivity index (χ3v) is 5.21. The van der Waals surface area contributed by atoms with E-state index in [1.165, 1.54) is 45.9 Å². The monoisotopic (exact) mass is 355 g/mol. The van der Waals surface area contributed by atoms with Crippen molar-refractivity contribution in [2.24, 2.45) is 0 Å². The number of fused-ring (bicyclic) bond motifs is 2. The summed E-state index contributed by atoms with van der Waals surface area (Å²) >= 11 is 1.25. The van der Waals surface area contributed by atoms with E-state index in [0.29, 0.717) is 21.2 Å². The standard InChI is InChI=1S/C18H17N3O3S/c1-11-8-16(22)21-18(19-11)25-15(20-21)10-24-17(23)14-7-6-12-4-2-3-5-13(12)9-14/h6-9H,2-5,10H2,1H3. The highest BCUT2D eigenvalue weighted by atomic mass is 32.1. The van der Waals surface area contributed by atoms with Gasteiger partial charge in [-0.2, -0.15) is 9.61 Å². The molecule has 1 aliphatic carbocycles. The topological polar surface area (TPSA) is 73.6 Å². The number of hydrogen-bond donors (Lipinski definition) is 0. The van der Waals surface area contributed by atoms with Gasteiger partial charge in [-0.1, -0.05) is 17.4 Å². The minimum atomic E-state index is -0.371. The van der Waals surface area contributed by atoms with Crippen LogP contribution >= 0.6 is 11.3 Å². The highest BCUT2D eigenvalue weighted by Crippen LogP contribution is 2.23. The quantitative estimate of drug-likeness (QED) is 0.676. The van der Waals surface area contributed by atoms with E-state index in [9.17, 15) is 9.59 Å². The molecular weight excluding hydrogens is 338 g/mol. The molecule has 1 aromatic carbocycles. The Hall–Kier alpha value is -2.54. The average molecular weight is 355 g/mol. The van der Waals surface area contributed by atoms with Crippen molar-refractivity contribution < 1.29 is 9.53 Å². The van der Waals surface area contributed by atoms with Crippen molar-refractivity contribution in [3.05, 3.63) is 62.0 Å². The molecule has 3 aromatic rings. The Morgan fingerprint density at radius 1 is 1.24 bits per heavy atom. The first-order valence-electron chi connectivity index (χ1n) is 8.25. The summed E-state index contributed by atoms with van der Waals surface area (Å²) in [6.45, 7) is 1.79. The Morgan fingerprint density at radius 3 is 2.88 bits per heavy atom. The van der Waals surface area contributed by atoms with Crippen LogP contribution in [0.5, 0.6) is 0 Å². The fraction of sp³-hybridized carbons (Fsp3) is 0.333. The van der Waals surface area contributed by atoms with Gasteiger partial charge in [-0.3, -0.25) is 4.79 Å². The summed E-state index contributed by atoms with van der Waals surface area (Å²) in [7, 11) is 0. The van der Waals surface area contributed by atoms with Crippen LogP contribution in [0.1, 0.15) is 45.0 Å². The Bertz CT molecular complexity index is 1020. The van der Waals surface area contributed by atoms with Crippen LogP contribution in [0.25, 0.3) is 4.96 Å². The lowest BCUT2D eigenvalue weighted by Gasteiger charge is -2.16. The Morgan fingerprint density at radius 2 is 2.04 bits per heavy atom. The molecule has 0 N–H and O–H groups in total. The number of aromatic nitrogens is 3. The number of ether oxygens (including phenoxy) is 1. The van der Waals surface area contributed by atoms with Crippen LogP contribution in [0.2, 0.25) is 0 Å². The molecule has 0 spiro atoms. The first-order chi connectivity index (χ1) is 12.1. The fourth-order valence-corrected chi connectivity index (χ4v) is 3.95. The first-order valence-corrected chi connectivity index (χ1v) is 9.07. The number of nitrogens with zero attached hydrogens (tertiary/aromatic N) is 3. The second-order valence-electron chi connectivity index (χ2n) is 6.19. The molecule has 7 heteroatoms. The summed E-state index contributed by atoms with van der Waals surface area (Å²) in [5.41, 5.74) is 3.55. The molecular formula is C18H17N3O3S. The highest BCUT2D eigenvalue weighted by Gasteiger charge is 2.15. The van der Waals surface area contributed by atoms with Crippen LogP contribution in [-0.2, 0) is 24.2 Å². The minimum absolute atomic E-state index is 0.0302. The van der Waals surface area contributed by atoms with Gasteiger partial charge in [-0.15, -0.1) is 0 Å². The third kappa shape index (κ3) is 3.19. The molecule has 1 aliphatic rings. The summed E-state index contributed by atoms with van der Waals surface area (Å²) < 4.78 is 6.61. The van der Waals surface area contributed by atoms with E-state index in [1.54, 1.807) is 6.92 Å². The van der Waals surface area contributed by atoms with E-state index < -0.39 is 0 Å². The van der Waals surface area contributed by atoms with E-state index in [-0.39, 0.29) is 18.1 Å². The number of benzene rings is 1. The fourth-order valence-electron chi connectivity index (χ4n) is 3.09. The summed E-state index contributed by atoms with van der Waals surface area (Å²) in [6, 6.07) is 7.20. The van der Waals surface area contributed by atoms with Crippen molar-refractivity contribution >= 4 is 22.3 Å². The average Bonchev–Trinajstić information content (AvgIpc) is 3.02. The Labute approximate surface area is 148 Å². The van der Waals surface area contributed by atoms with Gasteiger partial charge in [0.2, 0.25) is 4.96 Å². The summed E-state index contributed by atoms with van der Waals surface area (Å²) in [5.74, 6) is -0.371. The van der Waals surface area contributed by atoms with E-state index >= 15 is 0 Å². The van der Waals surface area contributed by atoms with E-state index in [2.05, 4.69) is 10.1 Å². The Kier molecular flexibility index (Phi) is 4.09. The van der Waals surface area contributed by atoms with Gasteiger partial charge >= 0.3 is 5.97 Å². The zero-order valence-electron chi connectivity index (χ0n) is 13.8. The normalized spacial score (nSPS) is 13.6. The lowest BCUT2D eigenvalue weighted by atomic mass is 9.90. The van der Waals surface area contributed by atoms with Crippen LogP contribution < -0.4 is 5.56 Å². The van der Waals surface area contributed by atoms with Gasteiger partial charge < -0.3 is 4.74 Å². The minimum Gasteiger partial charge on any atom is -0.455 e. The third-order valence-electron chi connectivity index (χ3n) is 4.33. The highest BCUT2D eigenvalue weighted by molar-refractivity contribution is 7.16. The maximum Gasteiger partial charge on any atom is 0.338 e. The molecule has 0 radical (unpaired) electrons. The molecule has 0 fully saturated rings. The zero-order valence-corrected chi connectivity index (χ0v) is 14.6. The van der Waals surface area contributed by atoms with Crippen molar-refractivity contribution in [1.29, 1.82) is 0 Å². The van der Waals surface area contributed by atoms with Gasteiger partial charge in [0.1, 0.15) is 6.61 Å². The molecule has 0 atom stereocenters. The van der Waals surface area contributed by atoms with Crippen LogP contribution in [-0.4, -0.2) is 20.6 Å². The maximum absolute atomic E-state index is 12.3. The molecule has 0 unspecified atom stereocenters. The predicted octanol–water partition coefficient (Wildman–Crippen LogP) is 2.70. The number of esters is 1. The lowest BCUT2D eigenvalue weighted by molar-refractivity contribution is 0.0471. The van der Waals surface area contributed by atoms with Crippen LogP contribution in [0.15, 0.2) is 29.1 Å². The molecule has 6 nitrogen and oxygen atoms in total. The van der Waals surface area contributed by atoms with Gasteiger partial charge in [0.25, 0.3) is 5.56 Å². The summed E-state index contributed by atoms with van der Waals surface area (Å²) in [4.78, 5) is 29.0. The van der Waals surface area contributed by atoms with Crippen molar-refractivity contribution in [2.75, 3.05) is 0 Å². The molecule has 25 heavy (non-hydrogen) atoms. The SMILES string of the molecule is Cc1cc(=O)n2nc(COC(=O)c3ccc4c(c3)CCCC4)sc2n1. The zero-order chi connectivity index (χ0) is 17.4. The largest absolute Gasteiger partial charge is 0.455 e. The van der Waals surface area contributed by atoms with Crippen molar-refractivity contribution in [2.45, 2.75) is 39.2 Å². The molecule has 2 heterocycles. The molecule has 0 bridgehead atoms. The molecule has 128 valence electrons. The predicted molar refractivity (Wildman–Crippen MR) is 94.1 cm³/mol. The molecule has 2 aromatic heterocycles. The number of hydrogen-bond acceptors (Lipinski definition) is 6. The molecule has 0 aliphatic heterocycles. The lowest BCUT2D eigenvalue weighted by Crippen LogP contribution is -2.14. The van der Waals surface area contributed by atoms with E-state index in [1.807, 2.05) is 18.2 Å². The van der Waals surface area contributed by atoms with Crippen molar-refractivity contribution in [3.8, 4) is 0 Å². The smallest absolute Gasteiger partial charge is 0.338 e. The van der Waals surface area contributed by atoms with Crippen LogP contribution in [0.3, 0.4) is 0 Å². The van der Waals surface area contributed by atoms with Crippen molar-refractivity contribution in [3.63, 3.8) is 0 Å². The number of carbonyl (C=O) groups excluding carboxylic acids is 1.